The van der Waals surface area contributed by atoms with Gasteiger partial charge in [0.25, 0.3) is 0 Å². The van der Waals surface area contributed by atoms with Crippen LogP contribution in [0, 0.1) is 0 Å². The predicted octanol–water partition coefficient (Wildman–Crippen LogP) is 3.38. The summed E-state index contributed by atoms with van der Waals surface area (Å²) >= 11 is 1.32. The van der Waals surface area contributed by atoms with E-state index in [2.05, 4.69) is 9.97 Å². The van der Waals surface area contributed by atoms with Gasteiger partial charge in [0, 0.05) is 11.8 Å². The van der Waals surface area contributed by atoms with Crippen molar-refractivity contribution in [2.45, 2.75) is 19.0 Å². The molecule has 0 spiro atoms. The van der Waals surface area contributed by atoms with Gasteiger partial charge in [0.1, 0.15) is 11.8 Å². The van der Waals surface area contributed by atoms with Crippen molar-refractivity contribution in [1.82, 2.24) is 9.97 Å². The molecule has 0 saturated carbocycles. The van der Waals surface area contributed by atoms with Gasteiger partial charge in [-0.2, -0.15) is 4.98 Å². The molecule has 0 unspecified atom stereocenters. The normalized spacial score (nSPS) is 10.2. The number of esters is 1. The summed E-state index contributed by atoms with van der Waals surface area (Å²) in [4.78, 5) is 31.4. The Morgan fingerprint density at radius 3 is 2.68 bits per heavy atom. The molecular formula is C17H18N2O5S. The van der Waals surface area contributed by atoms with E-state index in [0.717, 1.165) is 0 Å². The fourth-order valence-corrected chi connectivity index (χ4v) is 2.26. The number of hydrogen-bond acceptors (Lipinski definition) is 8. The van der Waals surface area contributed by atoms with E-state index in [1.807, 2.05) is 13.2 Å². The minimum absolute atomic E-state index is 0.0672. The van der Waals surface area contributed by atoms with E-state index in [1.54, 1.807) is 25.1 Å². The molecule has 0 radical (unpaired) electrons. The van der Waals surface area contributed by atoms with E-state index in [9.17, 15) is 9.59 Å². The standard InChI is InChI=1S/C17H18N2O5S/c1-4-22-14-8-11(10-20)6-7-13(14)24-15-12(16(21)23-5-2)9-18-17(19-15)25-3/h6-10H,4-5H2,1-3H3. The average molecular weight is 362 g/mol. The molecule has 0 bridgehead atoms. The first-order valence-electron chi connectivity index (χ1n) is 7.60. The number of aromatic nitrogens is 2. The van der Waals surface area contributed by atoms with Gasteiger partial charge >= 0.3 is 5.97 Å². The molecule has 25 heavy (non-hydrogen) atoms. The molecule has 0 N–H and O–H groups in total. The zero-order chi connectivity index (χ0) is 18.2. The summed E-state index contributed by atoms with van der Waals surface area (Å²) in [5.41, 5.74) is 0.565. The molecule has 0 saturated heterocycles. The molecule has 7 nitrogen and oxygen atoms in total. The third kappa shape index (κ3) is 4.69. The summed E-state index contributed by atoms with van der Waals surface area (Å²) in [6.45, 7) is 4.14. The van der Waals surface area contributed by atoms with Gasteiger partial charge in [0.05, 0.1) is 13.2 Å². The third-order valence-electron chi connectivity index (χ3n) is 3.02. The van der Waals surface area contributed by atoms with E-state index in [-0.39, 0.29) is 18.1 Å². The molecular weight excluding hydrogens is 344 g/mol. The van der Waals surface area contributed by atoms with Crippen molar-refractivity contribution in [2.24, 2.45) is 0 Å². The Bertz CT molecular complexity index is 767. The molecule has 0 aliphatic rings. The van der Waals surface area contributed by atoms with Crippen molar-refractivity contribution >= 4 is 24.0 Å². The summed E-state index contributed by atoms with van der Waals surface area (Å²) in [5.74, 6) is 0.209. The second-order valence-electron chi connectivity index (χ2n) is 4.66. The van der Waals surface area contributed by atoms with Crippen molar-refractivity contribution < 1.29 is 23.8 Å². The van der Waals surface area contributed by atoms with Crippen LogP contribution in [0.4, 0.5) is 0 Å². The number of thioether (sulfide) groups is 1. The molecule has 1 aromatic heterocycles. The Balaban J connectivity index is 2.44. The topological polar surface area (TPSA) is 87.6 Å². The van der Waals surface area contributed by atoms with Crippen LogP contribution in [0.5, 0.6) is 17.4 Å². The maximum absolute atomic E-state index is 12.1. The van der Waals surface area contributed by atoms with Crippen LogP contribution in [0.2, 0.25) is 0 Å². The number of rotatable bonds is 8. The minimum atomic E-state index is -0.576. The Hall–Kier alpha value is -2.61. The number of nitrogens with zero attached hydrogens (tertiary/aromatic N) is 2. The summed E-state index contributed by atoms with van der Waals surface area (Å²) in [6.07, 6.45) is 3.90. The summed E-state index contributed by atoms with van der Waals surface area (Å²) in [5, 5.41) is 0.450. The first kappa shape index (κ1) is 18.7. The van der Waals surface area contributed by atoms with Crippen molar-refractivity contribution in [2.75, 3.05) is 19.5 Å². The number of ether oxygens (including phenoxy) is 3. The Morgan fingerprint density at radius 1 is 1.24 bits per heavy atom. The van der Waals surface area contributed by atoms with Gasteiger partial charge in [-0.15, -0.1) is 0 Å². The van der Waals surface area contributed by atoms with Crippen molar-refractivity contribution in [3.05, 3.63) is 35.5 Å². The van der Waals surface area contributed by atoms with Crippen LogP contribution in [-0.2, 0) is 4.74 Å². The van der Waals surface area contributed by atoms with Crippen LogP contribution < -0.4 is 9.47 Å². The number of aldehydes is 1. The number of benzene rings is 1. The molecule has 0 aliphatic carbocycles. The molecule has 0 atom stereocenters. The average Bonchev–Trinajstić information content (AvgIpc) is 2.63. The number of carbonyl (C=O) groups is 2. The fourth-order valence-electron chi connectivity index (χ4n) is 1.93. The second-order valence-corrected chi connectivity index (χ2v) is 5.43. The lowest BCUT2D eigenvalue weighted by molar-refractivity contribution is 0.0521. The van der Waals surface area contributed by atoms with E-state index in [4.69, 9.17) is 14.2 Å². The minimum Gasteiger partial charge on any atom is -0.490 e. The molecule has 0 amide bonds. The molecule has 1 aromatic carbocycles. The maximum Gasteiger partial charge on any atom is 0.345 e. The Labute approximate surface area is 149 Å². The highest BCUT2D eigenvalue weighted by molar-refractivity contribution is 7.98. The first-order valence-corrected chi connectivity index (χ1v) is 8.83. The highest BCUT2D eigenvalue weighted by Crippen LogP contribution is 2.33. The van der Waals surface area contributed by atoms with Gasteiger partial charge in [-0.1, -0.05) is 11.8 Å². The predicted molar refractivity (Wildman–Crippen MR) is 92.8 cm³/mol. The molecule has 0 fully saturated rings. The van der Waals surface area contributed by atoms with Crippen LogP contribution in [0.3, 0.4) is 0 Å². The molecule has 8 heteroatoms. The van der Waals surface area contributed by atoms with Crippen LogP contribution in [0.15, 0.2) is 29.6 Å². The largest absolute Gasteiger partial charge is 0.490 e. The number of hydrogen-bond donors (Lipinski definition) is 0. The van der Waals surface area contributed by atoms with Gasteiger partial charge in [0.2, 0.25) is 5.88 Å². The lowest BCUT2D eigenvalue weighted by atomic mass is 10.2. The molecule has 0 aliphatic heterocycles. The molecule has 2 aromatic rings. The van der Waals surface area contributed by atoms with Crippen molar-refractivity contribution in [1.29, 1.82) is 0 Å². The zero-order valence-corrected chi connectivity index (χ0v) is 15.0. The van der Waals surface area contributed by atoms with E-state index in [0.29, 0.717) is 35.1 Å². The van der Waals surface area contributed by atoms with Gasteiger partial charge < -0.3 is 14.2 Å². The summed E-state index contributed by atoms with van der Waals surface area (Å²) in [6, 6.07) is 4.74. The van der Waals surface area contributed by atoms with Gasteiger partial charge in [-0.3, -0.25) is 4.79 Å². The SMILES string of the molecule is CCOC(=O)c1cnc(SC)nc1Oc1ccc(C=O)cc1OCC. The first-order chi connectivity index (χ1) is 12.1. The van der Waals surface area contributed by atoms with Crippen molar-refractivity contribution in [3.8, 4) is 17.4 Å². The quantitative estimate of drug-likeness (QED) is 0.306. The highest BCUT2D eigenvalue weighted by Gasteiger charge is 2.19. The van der Waals surface area contributed by atoms with Gasteiger partial charge in [0.15, 0.2) is 16.7 Å². The summed E-state index contributed by atoms with van der Waals surface area (Å²) in [7, 11) is 0. The fraction of sp³-hybridized carbons (Fsp3) is 0.294. The van der Waals surface area contributed by atoms with Gasteiger partial charge in [-0.25, -0.2) is 9.78 Å². The van der Waals surface area contributed by atoms with Crippen molar-refractivity contribution in [3.63, 3.8) is 0 Å². The molecule has 132 valence electrons. The zero-order valence-electron chi connectivity index (χ0n) is 14.1. The lowest BCUT2D eigenvalue weighted by Gasteiger charge is -2.13. The van der Waals surface area contributed by atoms with E-state index in [1.165, 1.54) is 18.0 Å². The van der Waals surface area contributed by atoms with Crippen LogP contribution in [0.1, 0.15) is 34.6 Å². The molecule has 1 heterocycles. The van der Waals surface area contributed by atoms with E-state index >= 15 is 0 Å². The van der Waals surface area contributed by atoms with Gasteiger partial charge in [-0.05, 0) is 38.3 Å². The highest BCUT2D eigenvalue weighted by atomic mass is 32.2. The Morgan fingerprint density at radius 2 is 2.04 bits per heavy atom. The third-order valence-corrected chi connectivity index (χ3v) is 3.58. The summed E-state index contributed by atoms with van der Waals surface area (Å²) < 4.78 is 16.3. The number of carbonyl (C=O) groups excluding carboxylic acids is 2. The van der Waals surface area contributed by atoms with Crippen LogP contribution in [-0.4, -0.2) is 41.7 Å². The maximum atomic E-state index is 12.1. The smallest absolute Gasteiger partial charge is 0.345 e. The molecule has 2 rings (SSSR count). The monoisotopic (exact) mass is 362 g/mol. The van der Waals surface area contributed by atoms with Crippen LogP contribution in [0.25, 0.3) is 0 Å². The van der Waals surface area contributed by atoms with E-state index < -0.39 is 5.97 Å². The van der Waals surface area contributed by atoms with Crippen LogP contribution >= 0.6 is 11.8 Å². The second kappa shape index (κ2) is 9.03. The lowest BCUT2D eigenvalue weighted by Crippen LogP contribution is -2.09. The Kier molecular flexibility index (Phi) is 6.76.